The van der Waals surface area contributed by atoms with Crippen molar-refractivity contribution in [3.05, 3.63) is 0 Å². The molecule has 0 radical (unpaired) electrons. The van der Waals surface area contributed by atoms with Crippen molar-refractivity contribution >= 4 is 58.7 Å². The van der Waals surface area contributed by atoms with Gasteiger partial charge in [0.05, 0.1) is 0 Å². The van der Waals surface area contributed by atoms with E-state index in [1.807, 2.05) is 0 Å². The summed E-state index contributed by atoms with van der Waals surface area (Å²) in [5, 5.41) is 11.6. The van der Waals surface area contributed by atoms with Gasteiger partial charge >= 0.3 is 18.0 Å². The van der Waals surface area contributed by atoms with Crippen molar-refractivity contribution in [2.45, 2.75) is 62.3 Å². The lowest BCUT2D eigenvalue weighted by atomic mass is 10.2. The topological polar surface area (TPSA) is 122 Å². The minimum absolute atomic E-state index is 0.0596. The number of ether oxygens (including phenoxy) is 2. The number of hydrogen-bond acceptors (Lipinski definition) is 6. The van der Waals surface area contributed by atoms with Gasteiger partial charge in [0, 0.05) is 25.9 Å². The molecule has 2 N–H and O–H groups in total. The standard InChI is InChI=1S/C18H29Cl3N2O7/c1-17(2,3)30-16(28)23(11-14(25)26)10-8-13(24)22-9-6-4-5-7-15(27)29-12-18(19,20)21/h4-12H2,1-3H3,(H,22,24)(H,25,26). The molecule has 0 fully saturated rings. The first-order chi connectivity index (χ1) is 13.7. The molecule has 0 aromatic rings. The number of alkyl halides is 3. The van der Waals surface area contributed by atoms with E-state index in [-0.39, 0.29) is 31.9 Å². The summed E-state index contributed by atoms with van der Waals surface area (Å²) >= 11 is 16.4. The summed E-state index contributed by atoms with van der Waals surface area (Å²) in [6.45, 7) is 4.42. The van der Waals surface area contributed by atoms with Crippen LogP contribution in [-0.2, 0) is 23.9 Å². The number of unbranched alkanes of at least 4 members (excludes halogenated alkanes) is 2. The second-order valence-electron chi connectivity index (χ2n) is 7.48. The van der Waals surface area contributed by atoms with Crippen LogP contribution >= 0.6 is 34.8 Å². The van der Waals surface area contributed by atoms with Gasteiger partial charge in [-0.05, 0) is 33.6 Å². The first-order valence-corrected chi connectivity index (χ1v) is 10.5. The van der Waals surface area contributed by atoms with E-state index < -0.39 is 34.0 Å². The maximum atomic E-state index is 12.0. The van der Waals surface area contributed by atoms with Gasteiger partial charge in [0.25, 0.3) is 0 Å². The summed E-state index contributed by atoms with van der Waals surface area (Å²) in [5.74, 6) is -1.99. The van der Waals surface area contributed by atoms with Gasteiger partial charge in [-0.2, -0.15) is 0 Å². The maximum absolute atomic E-state index is 12.0. The van der Waals surface area contributed by atoms with Crippen molar-refractivity contribution in [2.24, 2.45) is 0 Å². The van der Waals surface area contributed by atoms with Gasteiger partial charge in [-0.25, -0.2) is 4.79 Å². The van der Waals surface area contributed by atoms with Crippen LogP contribution in [0.3, 0.4) is 0 Å². The predicted octanol–water partition coefficient (Wildman–Crippen LogP) is 3.29. The number of nitrogens with zero attached hydrogens (tertiary/aromatic N) is 1. The summed E-state index contributed by atoms with van der Waals surface area (Å²) in [6.07, 6.45) is 1.18. The highest BCUT2D eigenvalue weighted by Gasteiger charge is 2.24. The third kappa shape index (κ3) is 17.4. The Balaban J connectivity index is 4.07. The number of nitrogens with one attached hydrogen (secondary N) is 1. The summed E-state index contributed by atoms with van der Waals surface area (Å²) in [6, 6.07) is 0. The highest BCUT2D eigenvalue weighted by molar-refractivity contribution is 6.67. The molecular formula is C18H29Cl3N2O7. The first-order valence-electron chi connectivity index (χ1n) is 9.38. The maximum Gasteiger partial charge on any atom is 0.410 e. The molecule has 0 atom stereocenters. The molecule has 0 heterocycles. The summed E-state index contributed by atoms with van der Waals surface area (Å²) < 4.78 is 8.30. The summed E-state index contributed by atoms with van der Waals surface area (Å²) in [4.78, 5) is 47.3. The largest absolute Gasteiger partial charge is 0.480 e. The van der Waals surface area contributed by atoms with E-state index in [0.717, 1.165) is 4.90 Å². The summed E-state index contributed by atoms with van der Waals surface area (Å²) in [7, 11) is 0. The Morgan fingerprint density at radius 3 is 2.17 bits per heavy atom. The van der Waals surface area contributed by atoms with E-state index in [4.69, 9.17) is 49.4 Å². The quantitative estimate of drug-likeness (QED) is 0.244. The van der Waals surface area contributed by atoms with Crippen LogP contribution < -0.4 is 5.32 Å². The summed E-state index contributed by atoms with van der Waals surface area (Å²) in [5.41, 5.74) is -0.774. The van der Waals surface area contributed by atoms with Crippen LogP contribution in [0.2, 0.25) is 0 Å². The van der Waals surface area contributed by atoms with Crippen molar-refractivity contribution in [3.8, 4) is 0 Å². The number of carboxylic acids is 1. The van der Waals surface area contributed by atoms with Crippen molar-refractivity contribution < 1.29 is 33.8 Å². The average molecular weight is 492 g/mol. The van der Waals surface area contributed by atoms with E-state index in [0.29, 0.717) is 25.8 Å². The van der Waals surface area contributed by atoms with Crippen molar-refractivity contribution in [2.75, 3.05) is 26.2 Å². The minimum Gasteiger partial charge on any atom is -0.480 e. The molecule has 0 aliphatic carbocycles. The molecule has 0 aliphatic heterocycles. The van der Waals surface area contributed by atoms with Crippen molar-refractivity contribution in [3.63, 3.8) is 0 Å². The van der Waals surface area contributed by atoms with Crippen molar-refractivity contribution in [1.82, 2.24) is 10.2 Å². The van der Waals surface area contributed by atoms with Gasteiger partial charge in [-0.15, -0.1) is 0 Å². The lowest BCUT2D eigenvalue weighted by Gasteiger charge is -2.26. The number of rotatable bonds is 12. The van der Waals surface area contributed by atoms with Crippen LogP contribution in [0.1, 0.15) is 52.9 Å². The Bertz CT molecular complexity index is 589. The molecule has 30 heavy (non-hydrogen) atoms. The molecule has 0 saturated carbocycles. The zero-order chi connectivity index (χ0) is 23.4. The number of halogens is 3. The molecule has 0 unspecified atom stereocenters. The molecule has 0 aromatic carbocycles. The molecule has 0 aromatic heterocycles. The molecule has 9 nitrogen and oxygen atoms in total. The fourth-order valence-electron chi connectivity index (χ4n) is 2.08. The third-order valence-corrected chi connectivity index (χ3v) is 3.69. The lowest BCUT2D eigenvalue weighted by Crippen LogP contribution is -2.41. The Kier molecular flexibility index (Phi) is 13.1. The first kappa shape index (κ1) is 28.5. The number of amides is 2. The number of esters is 1. The van der Waals surface area contributed by atoms with Crippen LogP contribution in [0.4, 0.5) is 4.79 Å². The van der Waals surface area contributed by atoms with Crippen LogP contribution in [-0.4, -0.2) is 69.6 Å². The van der Waals surface area contributed by atoms with E-state index in [2.05, 4.69) is 5.32 Å². The van der Waals surface area contributed by atoms with Crippen LogP contribution in [0.5, 0.6) is 0 Å². The second kappa shape index (κ2) is 13.8. The minimum atomic E-state index is -1.64. The molecule has 2 amide bonds. The monoisotopic (exact) mass is 490 g/mol. The molecule has 0 rings (SSSR count). The highest BCUT2D eigenvalue weighted by atomic mass is 35.6. The number of carbonyl (C=O) groups excluding carboxylic acids is 3. The fraction of sp³-hybridized carbons (Fsp3) is 0.778. The van der Waals surface area contributed by atoms with Crippen LogP contribution in [0, 0.1) is 0 Å². The van der Waals surface area contributed by atoms with Crippen LogP contribution in [0.15, 0.2) is 0 Å². The van der Waals surface area contributed by atoms with Gasteiger partial charge in [-0.3, -0.25) is 19.3 Å². The molecule has 12 heteroatoms. The normalized spacial score (nSPS) is 11.5. The van der Waals surface area contributed by atoms with Gasteiger partial charge < -0.3 is 19.9 Å². The fourth-order valence-corrected chi connectivity index (χ4v) is 2.25. The second-order valence-corrected chi connectivity index (χ2v) is 10.00. The molecular weight excluding hydrogens is 463 g/mol. The number of carboxylic acid groups (broad SMARTS) is 1. The zero-order valence-corrected chi connectivity index (χ0v) is 19.6. The Hall–Kier alpha value is -1.45. The third-order valence-electron chi connectivity index (χ3n) is 3.36. The van der Waals surface area contributed by atoms with E-state index in [9.17, 15) is 19.2 Å². The number of carbonyl (C=O) groups is 4. The van der Waals surface area contributed by atoms with Crippen LogP contribution in [0.25, 0.3) is 0 Å². The van der Waals surface area contributed by atoms with Gasteiger partial charge in [0.1, 0.15) is 18.8 Å². The van der Waals surface area contributed by atoms with Gasteiger partial charge in [0.15, 0.2) is 0 Å². The molecule has 0 aliphatic rings. The SMILES string of the molecule is CC(C)(C)OC(=O)N(CCC(=O)NCCCCCC(=O)OCC(Cl)(Cl)Cl)CC(=O)O. The number of hydrogen-bond donors (Lipinski definition) is 2. The Morgan fingerprint density at radius 1 is 1.00 bits per heavy atom. The zero-order valence-electron chi connectivity index (χ0n) is 17.3. The molecule has 0 bridgehead atoms. The van der Waals surface area contributed by atoms with Crippen molar-refractivity contribution in [1.29, 1.82) is 0 Å². The Labute approximate surface area is 191 Å². The average Bonchev–Trinajstić information content (AvgIpc) is 2.57. The number of aliphatic carboxylic acids is 1. The van der Waals surface area contributed by atoms with Gasteiger partial charge in [0.2, 0.25) is 9.70 Å². The Morgan fingerprint density at radius 2 is 1.63 bits per heavy atom. The lowest BCUT2D eigenvalue weighted by molar-refractivity contribution is -0.143. The molecule has 0 spiro atoms. The smallest absolute Gasteiger partial charge is 0.410 e. The van der Waals surface area contributed by atoms with E-state index in [1.165, 1.54) is 0 Å². The predicted molar refractivity (Wildman–Crippen MR) is 113 cm³/mol. The molecule has 0 saturated heterocycles. The van der Waals surface area contributed by atoms with E-state index >= 15 is 0 Å². The van der Waals surface area contributed by atoms with Gasteiger partial charge in [-0.1, -0.05) is 41.2 Å². The highest BCUT2D eigenvalue weighted by Crippen LogP contribution is 2.26. The van der Waals surface area contributed by atoms with E-state index in [1.54, 1.807) is 20.8 Å². The molecule has 174 valence electrons.